The van der Waals surface area contributed by atoms with Crippen LogP contribution in [0, 0.1) is 0 Å². The summed E-state index contributed by atoms with van der Waals surface area (Å²) in [6.07, 6.45) is -4.37. The summed E-state index contributed by atoms with van der Waals surface area (Å²) in [5.41, 5.74) is -0.822. The van der Waals surface area contributed by atoms with E-state index in [9.17, 15) is 18.0 Å². The SMILES string of the molecule is CC(NCC(=O)OC(C)(C)C)c1cccc(C(F)(F)F)c1. The summed E-state index contributed by atoms with van der Waals surface area (Å²) >= 11 is 0. The molecule has 0 heterocycles. The molecule has 0 spiro atoms. The van der Waals surface area contributed by atoms with Crippen LogP contribution in [0.3, 0.4) is 0 Å². The highest BCUT2D eigenvalue weighted by Crippen LogP contribution is 2.30. The van der Waals surface area contributed by atoms with Crippen LogP contribution in [0.1, 0.15) is 44.9 Å². The van der Waals surface area contributed by atoms with Crippen molar-refractivity contribution in [2.75, 3.05) is 6.54 Å². The molecule has 1 unspecified atom stereocenters. The number of alkyl halides is 3. The van der Waals surface area contributed by atoms with Crippen molar-refractivity contribution in [1.82, 2.24) is 5.32 Å². The summed E-state index contributed by atoms with van der Waals surface area (Å²) in [7, 11) is 0. The lowest BCUT2D eigenvalue weighted by atomic mass is 10.0. The predicted octanol–water partition coefficient (Wildman–Crippen LogP) is 3.70. The van der Waals surface area contributed by atoms with E-state index in [0.29, 0.717) is 5.56 Å². The van der Waals surface area contributed by atoms with E-state index in [1.54, 1.807) is 33.8 Å². The minimum Gasteiger partial charge on any atom is -0.459 e. The standard InChI is InChI=1S/C15H20F3NO2/c1-10(19-9-13(20)21-14(2,3)4)11-6-5-7-12(8-11)15(16,17)18/h5-8,10,19H,9H2,1-4H3. The maximum absolute atomic E-state index is 12.6. The number of esters is 1. The number of benzene rings is 1. The molecule has 1 N–H and O–H groups in total. The Morgan fingerprint density at radius 2 is 1.90 bits per heavy atom. The minimum absolute atomic E-state index is 0.0608. The molecule has 6 heteroatoms. The maximum atomic E-state index is 12.6. The van der Waals surface area contributed by atoms with E-state index in [1.807, 2.05) is 0 Å². The molecule has 1 aromatic carbocycles. The highest BCUT2D eigenvalue weighted by molar-refractivity contribution is 5.72. The number of carbonyl (C=O) groups excluding carboxylic acids is 1. The van der Waals surface area contributed by atoms with Crippen LogP contribution in [0.15, 0.2) is 24.3 Å². The van der Waals surface area contributed by atoms with Gasteiger partial charge >= 0.3 is 12.1 Å². The second kappa shape index (κ2) is 6.47. The lowest BCUT2D eigenvalue weighted by Crippen LogP contribution is -2.32. The first-order valence-electron chi connectivity index (χ1n) is 6.61. The van der Waals surface area contributed by atoms with Crippen LogP contribution >= 0.6 is 0 Å². The lowest BCUT2D eigenvalue weighted by molar-refractivity contribution is -0.153. The Morgan fingerprint density at radius 3 is 2.43 bits per heavy atom. The monoisotopic (exact) mass is 303 g/mol. The van der Waals surface area contributed by atoms with E-state index in [2.05, 4.69) is 5.32 Å². The molecule has 3 nitrogen and oxygen atoms in total. The van der Waals surface area contributed by atoms with Gasteiger partial charge in [0.15, 0.2) is 0 Å². The summed E-state index contributed by atoms with van der Waals surface area (Å²) in [5.74, 6) is -0.443. The van der Waals surface area contributed by atoms with E-state index >= 15 is 0 Å². The number of nitrogens with one attached hydrogen (secondary N) is 1. The quantitative estimate of drug-likeness (QED) is 0.862. The average molecular weight is 303 g/mol. The zero-order valence-corrected chi connectivity index (χ0v) is 12.5. The predicted molar refractivity (Wildman–Crippen MR) is 73.7 cm³/mol. The molecule has 1 aromatic rings. The molecule has 0 saturated heterocycles. The van der Waals surface area contributed by atoms with Crippen molar-refractivity contribution in [3.05, 3.63) is 35.4 Å². The van der Waals surface area contributed by atoms with Crippen molar-refractivity contribution < 1.29 is 22.7 Å². The summed E-state index contributed by atoms with van der Waals surface area (Å²) in [4.78, 5) is 11.6. The van der Waals surface area contributed by atoms with Crippen LogP contribution in [0.4, 0.5) is 13.2 Å². The second-order valence-corrected chi connectivity index (χ2v) is 5.81. The highest BCUT2D eigenvalue weighted by Gasteiger charge is 2.30. The molecule has 21 heavy (non-hydrogen) atoms. The van der Waals surface area contributed by atoms with Crippen LogP contribution in [0.25, 0.3) is 0 Å². The normalized spacial score (nSPS) is 13.9. The molecule has 0 amide bonds. The summed E-state index contributed by atoms with van der Waals surface area (Å²) in [6.45, 7) is 6.89. The topological polar surface area (TPSA) is 38.3 Å². The van der Waals surface area contributed by atoms with Gasteiger partial charge in [-0.2, -0.15) is 13.2 Å². The van der Waals surface area contributed by atoms with Gasteiger partial charge in [0.2, 0.25) is 0 Å². The van der Waals surface area contributed by atoms with E-state index in [4.69, 9.17) is 4.74 Å². The fourth-order valence-electron chi connectivity index (χ4n) is 1.72. The second-order valence-electron chi connectivity index (χ2n) is 5.81. The molecule has 0 aliphatic carbocycles. The fourth-order valence-corrected chi connectivity index (χ4v) is 1.72. The number of halogens is 3. The molecule has 0 bridgehead atoms. The Labute approximate surface area is 122 Å². The third-order valence-corrected chi connectivity index (χ3v) is 2.69. The molecule has 0 aliphatic rings. The zero-order valence-electron chi connectivity index (χ0n) is 12.5. The largest absolute Gasteiger partial charge is 0.459 e. The summed E-state index contributed by atoms with van der Waals surface area (Å²) in [5, 5.41) is 2.86. The van der Waals surface area contributed by atoms with Crippen molar-refractivity contribution in [3.63, 3.8) is 0 Å². The fraction of sp³-hybridized carbons (Fsp3) is 0.533. The number of hydrogen-bond donors (Lipinski definition) is 1. The van der Waals surface area contributed by atoms with Gasteiger partial charge in [0.05, 0.1) is 12.1 Å². The van der Waals surface area contributed by atoms with Gasteiger partial charge in [0.25, 0.3) is 0 Å². The third kappa shape index (κ3) is 6.16. The first-order valence-corrected chi connectivity index (χ1v) is 6.61. The van der Waals surface area contributed by atoms with Gasteiger partial charge in [-0.05, 0) is 45.4 Å². The molecular formula is C15H20F3NO2. The summed E-state index contributed by atoms with van der Waals surface area (Å²) in [6, 6.07) is 4.64. The van der Waals surface area contributed by atoms with Gasteiger partial charge in [0.1, 0.15) is 5.60 Å². The Balaban J connectivity index is 2.64. The molecule has 0 aromatic heterocycles. The molecule has 0 aliphatic heterocycles. The molecule has 118 valence electrons. The van der Waals surface area contributed by atoms with E-state index in [0.717, 1.165) is 12.1 Å². The van der Waals surface area contributed by atoms with Gasteiger partial charge in [-0.3, -0.25) is 4.79 Å². The molecule has 0 saturated carbocycles. The van der Waals surface area contributed by atoms with Crippen LogP contribution in [0.2, 0.25) is 0 Å². The van der Waals surface area contributed by atoms with Crippen molar-refractivity contribution in [1.29, 1.82) is 0 Å². The maximum Gasteiger partial charge on any atom is 0.416 e. The average Bonchev–Trinajstić information content (AvgIpc) is 2.33. The number of carbonyl (C=O) groups is 1. The van der Waals surface area contributed by atoms with Gasteiger partial charge in [-0.25, -0.2) is 0 Å². The Hall–Kier alpha value is -1.56. The Kier molecular flexibility index (Phi) is 5.39. The molecule has 0 fully saturated rings. The number of rotatable bonds is 4. The van der Waals surface area contributed by atoms with Crippen molar-refractivity contribution in [2.45, 2.75) is 45.5 Å². The lowest BCUT2D eigenvalue weighted by Gasteiger charge is -2.21. The van der Waals surface area contributed by atoms with E-state index in [1.165, 1.54) is 6.07 Å². The summed E-state index contributed by atoms with van der Waals surface area (Å²) < 4.78 is 43.0. The zero-order chi connectivity index (χ0) is 16.3. The Morgan fingerprint density at radius 1 is 1.29 bits per heavy atom. The van der Waals surface area contributed by atoms with Crippen molar-refractivity contribution >= 4 is 5.97 Å². The smallest absolute Gasteiger partial charge is 0.416 e. The first-order chi connectivity index (χ1) is 9.49. The van der Waals surface area contributed by atoms with Crippen LogP contribution in [-0.2, 0) is 15.7 Å². The molecule has 1 atom stereocenters. The van der Waals surface area contributed by atoms with E-state index < -0.39 is 23.3 Å². The minimum atomic E-state index is -4.37. The Bertz CT molecular complexity index is 492. The third-order valence-electron chi connectivity index (χ3n) is 2.69. The molecular weight excluding hydrogens is 283 g/mol. The van der Waals surface area contributed by atoms with Crippen molar-refractivity contribution in [2.24, 2.45) is 0 Å². The first kappa shape index (κ1) is 17.5. The van der Waals surface area contributed by atoms with Gasteiger partial charge in [0, 0.05) is 6.04 Å². The molecule has 1 rings (SSSR count). The number of hydrogen-bond acceptors (Lipinski definition) is 3. The van der Waals surface area contributed by atoms with Crippen LogP contribution in [0.5, 0.6) is 0 Å². The van der Waals surface area contributed by atoms with Crippen LogP contribution in [-0.4, -0.2) is 18.1 Å². The molecule has 0 radical (unpaired) electrons. The van der Waals surface area contributed by atoms with Gasteiger partial charge in [-0.15, -0.1) is 0 Å². The number of ether oxygens (including phenoxy) is 1. The van der Waals surface area contributed by atoms with E-state index in [-0.39, 0.29) is 12.6 Å². The highest BCUT2D eigenvalue weighted by atomic mass is 19.4. The van der Waals surface area contributed by atoms with Gasteiger partial charge in [-0.1, -0.05) is 12.1 Å². The van der Waals surface area contributed by atoms with Gasteiger partial charge < -0.3 is 10.1 Å². The van der Waals surface area contributed by atoms with Crippen molar-refractivity contribution in [3.8, 4) is 0 Å². The van der Waals surface area contributed by atoms with Crippen LogP contribution < -0.4 is 5.32 Å².